The molecule has 0 aliphatic heterocycles. The van der Waals surface area contributed by atoms with Gasteiger partial charge in [0.25, 0.3) is 0 Å². The molecule has 0 bridgehead atoms. The molecule has 0 fully saturated rings. The predicted octanol–water partition coefficient (Wildman–Crippen LogP) is 9.77. The molecular weight excluding hydrogens is 480 g/mol. The van der Waals surface area contributed by atoms with E-state index < -0.39 is 0 Å². The molecule has 0 radical (unpaired) electrons. The van der Waals surface area contributed by atoms with Crippen molar-refractivity contribution in [3.63, 3.8) is 0 Å². The number of rotatable bonds is 12. The minimum atomic E-state index is -0.381. The van der Waals surface area contributed by atoms with Crippen molar-refractivity contribution in [3.05, 3.63) is 109 Å². The highest BCUT2D eigenvalue weighted by Crippen LogP contribution is 2.39. The first-order valence-corrected chi connectivity index (χ1v) is 14.1. The number of benzene rings is 4. The Hall–Kier alpha value is -3.56. The van der Waals surface area contributed by atoms with Crippen LogP contribution < -0.4 is 9.47 Å². The van der Waals surface area contributed by atoms with Gasteiger partial charge in [0.15, 0.2) is 6.29 Å². The smallest absolute Gasteiger partial charge is 0.197 e. The Morgan fingerprint density at radius 3 is 1.74 bits per heavy atom. The summed E-state index contributed by atoms with van der Waals surface area (Å²) in [7, 11) is 0. The van der Waals surface area contributed by atoms with Gasteiger partial charge in [0, 0.05) is 11.1 Å². The molecule has 3 heteroatoms. The molecule has 3 nitrogen and oxygen atoms in total. The van der Waals surface area contributed by atoms with Crippen LogP contribution in [0.15, 0.2) is 103 Å². The maximum atomic E-state index is 6.39. The van der Waals surface area contributed by atoms with Gasteiger partial charge in [0.1, 0.15) is 18.1 Å². The van der Waals surface area contributed by atoms with E-state index in [0.29, 0.717) is 24.5 Å². The predicted molar refractivity (Wildman–Crippen MR) is 162 cm³/mol. The van der Waals surface area contributed by atoms with Crippen molar-refractivity contribution in [1.82, 2.24) is 0 Å². The summed E-state index contributed by atoms with van der Waals surface area (Å²) in [5.74, 6) is 2.24. The first kappa shape index (κ1) is 28.4. The van der Waals surface area contributed by atoms with Crippen molar-refractivity contribution in [2.45, 2.75) is 59.7 Å². The molecule has 0 spiro atoms. The number of ether oxygens (including phenoxy) is 3. The lowest BCUT2D eigenvalue weighted by atomic mass is 9.80. The molecule has 0 aliphatic carbocycles. The quantitative estimate of drug-likeness (QED) is 0.137. The Balaban J connectivity index is 1.37. The fourth-order valence-corrected chi connectivity index (χ4v) is 5.02. The molecule has 0 saturated heterocycles. The van der Waals surface area contributed by atoms with Gasteiger partial charge in [-0.05, 0) is 59.9 Å². The van der Waals surface area contributed by atoms with Gasteiger partial charge in [-0.3, -0.25) is 0 Å². The minimum Gasteiger partial charge on any atom is -0.490 e. The molecule has 2 atom stereocenters. The van der Waals surface area contributed by atoms with Crippen LogP contribution in [0.1, 0.15) is 58.9 Å². The van der Waals surface area contributed by atoms with Gasteiger partial charge < -0.3 is 14.2 Å². The zero-order valence-electron chi connectivity index (χ0n) is 24.0. The van der Waals surface area contributed by atoms with Crippen molar-refractivity contribution in [3.8, 4) is 33.8 Å². The molecule has 0 aromatic heterocycles. The Morgan fingerprint density at radius 1 is 0.667 bits per heavy atom. The zero-order valence-corrected chi connectivity index (χ0v) is 24.0. The molecule has 4 aromatic carbocycles. The van der Waals surface area contributed by atoms with Crippen LogP contribution >= 0.6 is 0 Å². The summed E-state index contributed by atoms with van der Waals surface area (Å²) in [6.07, 6.45) is 1.92. The van der Waals surface area contributed by atoms with Crippen LogP contribution in [0.2, 0.25) is 0 Å². The zero-order chi connectivity index (χ0) is 27.7. The fourth-order valence-electron chi connectivity index (χ4n) is 5.02. The Bertz CT molecular complexity index is 1220. The fraction of sp³-hybridized carbons (Fsp3) is 0.333. The van der Waals surface area contributed by atoms with Crippen LogP contribution in [0, 0.1) is 5.41 Å². The van der Waals surface area contributed by atoms with E-state index in [9.17, 15) is 0 Å². The molecular formula is C36H42O3. The highest BCUT2D eigenvalue weighted by Gasteiger charge is 2.19. The van der Waals surface area contributed by atoms with Gasteiger partial charge in [0.2, 0.25) is 0 Å². The summed E-state index contributed by atoms with van der Waals surface area (Å²) >= 11 is 0. The van der Waals surface area contributed by atoms with Crippen LogP contribution in [0.4, 0.5) is 0 Å². The molecule has 204 valence electrons. The van der Waals surface area contributed by atoms with E-state index in [1.165, 1.54) is 12.0 Å². The Labute approximate surface area is 234 Å². The average molecular weight is 523 g/mol. The van der Waals surface area contributed by atoms with Crippen molar-refractivity contribution in [1.29, 1.82) is 0 Å². The number of para-hydroxylation sites is 1. The standard InChI is InChI=1S/C36H42O3/c1-6-28(26-36(3,4)5)29-20-22-32(23-21-29)39-27(2)37-24-25-38-35-33(30-14-9-7-10-15-30)18-13-19-34(35)31-16-11-8-12-17-31/h7-23,27-28H,6,24-26H2,1-5H3. The minimum absolute atomic E-state index is 0.309. The topological polar surface area (TPSA) is 27.7 Å². The largest absolute Gasteiger partial charge is 0.490 e. The van der Waals surface area contributed by atoms with Crippen molar-refractivity contribution in [2.75, 3.05) is 13.2 Å². The maximum absolute atomic E-state index is 6.39. The molecule has 0 N–H and O–H groups in total. The van der Waals surface area contributed by atoms with E-state index in [1.807, 2.05) is 19.1 Å². The van der Waals surface area contributed by atoms with Gasteiger partial charge in [-0.25, -0.2) is 0 Å². The van der Waals surface area contributed by atoms with Crippen molar-refractivity contribution < 1.29 is 14.2 Å². The van der Waals surface area contributed by atoms with Gasteiger partial charge in [-0.15, -0.1) is 0 Å². The molecule has 0 heterocycles. The maximum Gasteiger partial charge on any atom is 0.197 e. The van der Waals surface area contributed by atoms with Crippen molar-refractivity contribution in [2.24, 2.45) is 5.41 Å². The molecule has 2 unspecified atom stereocenters. The van der Waals surface area contributed by atoms with Gasteiger partial charge in [-0.1, -0.05) is 119 Å². The number of hydrogen-bond acceptors (Lipinski definition) is 3. The summed E-state index contributed by atoms with van der Waals surface area (Å²) in [6.45, 7) is 11.9. The van der Waals surface area contributed by atoms with E-state index in [-0.39, 0.29) is 6.29 Å². The van der Waals surface area contributed by atoms with E-state index in [2.05, 4.69) is 119 Å². The van der Waals surface area contributed by atoms with Crippen LogP contribution in [-0.4, -0.2) is 19.5 Å². The highest BCUT2D eigenvalue weighted by atomic mass is 16.7. The summed E-state index contributed by atoms with van der Waals surface area (Å²) in [5.41, 5.74) is 6.06. The van der Waals surface area contributed by atoms with E-state index >= 15 is 0 Å². The summed E-state index contributed by atoms with van der Waals surface area (Å²) in [4.78, 5) is 0. The third kappa shape index (κ3) is 8.21. The third-order valence-corrected chi connectivity index (χ3v) is 6.87. The summed E-state index contributed by atoms with van der Waals surface area (Å²) in [5, 5.41) is 0. The molecule has 0 aliphatic rings. The highest BCUT2D eigenvalue weighted by molar-refractivity contribution is 5.82. The van der Waals surface area contributed by atoms with E-state index in [1.54, 1.807) is 0 Å². The van der Waals surface area contributed by atoms with E-state index in [4.69, 9.17) is 14.2 Å². The first-order chi connectivity index (χ1) is 18.8. The molecule has 4 aromatic rings. The second kappa shape index (κ2) is 13.5. The average Bonchev–Trinajstić information content (AvgIpc) is 2.95. The molecule has 39 heavy (non-hydrogen) atoms. The van der Waals surface area contributed by atoms with Gasteiger partial charge in [-0.2, -0.15) is 0 Å². The Morgan fingerprint density at radius 2 is 1.23 bits per heavy atom. The first-order valence-electron chi connectivity index (χ1n) is 14.1. The Kier molecular flexibility index (Phi) is 9.84. The second-order valence-electron chi connectivity index (χ2n) is 11.3. The summed E-state index contributed by atoms with van der Waals surface area (Å²) < 4.78 is 18.4. The van der Waals surface area contributed by atoms with Crippen molar-refractivity contribution >= 4 is 0 Å². The van der Waals surface area contributed by atoms with Gasteiger partial charge in [0.05, 0.1) is 6.61 Å². The van der Waals surface area contributed by atoms with Crippen LogP contribution in [-0.2, 0) is 4.74 Å². The summed E-state index contributed by atoms with van der Waals surface area (Å²) in [6, 6.07) is 35.5. The third-order valence-electron chi connectivity index (χ3n) is 6.87. The van der Waals surface area contributed by atoms with Crippen LogP contribution in [0.5, 0.6) is 11.5 Å². The lowest BCUT2D eigenvalue weighted by Gasteiger charge is -2.25. The second-order valence-corrected chi connectivity index (χ2v) is 11.3. The lowest BCUT2D eigenvalue weighted by Crippen LogP contribution is -2.20. The molecule has 4 rings (SSSR count). The SMILES string of the molecule is CCC(CC(C)(C)C)c1ccc(OC(C)OCCOc2c(-c3ccccc3)cccc2-c2ccccc2)cc1. The normalized spacial score (nSPS) is 13.1. The van der Waals surface area contributed by atoms with Crippen LogP contribution in [0.3, 0.4) is 0 Å². The number of hydrogen-bond donors (Lipinski definition) is 0. The monoisotopic (exact) mass is 522 g/mol. The molecule has 0 amide bonds. The lowest BCUT2D eigenvalue weighted by molar-refractivity contribution is -0.0738. The van der Waals surface area contributed by atoms with Crippen LogP contribution in [0.25, 0.3) is 22.3 Å². The van der Waals surface area contributed by atoms with Gasteiger partial charge >= 0.3 is 0 Å². The molecule has 0 saturated carbocycles. The van der Waals surface area contributed by atoms with E-state index in [0.717, 1.165) is 40.2 Å².